The summed E-state index contributed by atoms with van der Waals surface area (Å²) in [4.78, 5) is 15.1. The van der Waals surface area contributed by atoms with Crippen molar-refractivity contribution in [2.45, 2.75) is 24.7 Å². The number of alkyl halides is 3. The normalized spacial score (nSPS) is 20.8. The van der Waals surface area contributed by atoms with Crippen LogP contribution >= 0.6 is 0 Å². The topological polar surface area (TPSA) is 84.6 Å². The monoisotopic (exact) mass is 461 g/mol. The van der Waals surface area contributed by atoms with Gasteiger partial charge in [-0.15, -0.1) is 0 Å². The largest absolute Gasteiger partial charge is 0.467 e. The van der Waals surface area contributed by atoms with E-state index in [1.807, 2.05) is 12.1 Å². The fraction of sp³-hybridized carbons (Fsp3) is 0.364. The van der Waals surface area contributed by atoms with Gasteiger partial charge in [-0.2, -0.15) is 18.3 Å². The molecular weight excluding hydrogens is 439 g/mol. The number of ether oxygens (including phenoxy) is 1. The SMILES string of the molecule is O=C(Nc1ccccc1N1CCOCC1)c1cc2n(n1)[C@@H](C(F)(F)F)C[C@H](c1ccco1)N2. The van der Waals surface area contributed by atoms with E-state index in [2.05, 4.69) is 20.6 Å². The van der Waals surface area contributed by atoms with Crippen LogP contribution in [0.4, 0.5) is 30.4 Å². The highest BCUT2D eigenvalue weighted by Gasteiger charge is 2.47. The van der Waals surface area contributed by atoms with Gasteiger partial charge in [-0.05, 0) is 24.3 Å². The number of amides is 1. The average Bonchev–Trinajstić information content (AvgIpc) is 3.49. The highest BCUT2D eigenvalue weighted by Crippen LogP contribution is 2.43. The van der Waals surface area contributed by atoms with Crippen molar-refractivity contribution in [1.29, 1.82) is 0 Å². The highest BCUT2D eigenvalue weighted by molar-refractivity contribution is 6.05. The number of carbonyl (C=O) groups excluding carboxylic acids is 1. The number of para-hydroxylation sites is 2. The van der Waals surface area contributed by atoms with E-state index in [1.54, 1.807) is 24.3 Å². The molecule has 0 spiro atoms. The lowest BCUT2D eigenvalue weighted by Crippen LogP contribution is -2.36. The molecule has 33 heavy (non-hydrogen) atoms. The second kappa shape index (κ2) is 8.47. The van der Waals surface area contributed by atoms with Crippen LogP contribution in [0.25, 0.3) is 0 Å². The van der Waals surface area contributed by atoms with Crippen molar-refractivity contribution in [3.63, 3.8) is 0 Å². The van der Waals surface area contributed by atoms with Gasteiger partial charge in [0.05, 0.1) is 36.9 Å². The predicted molar refractivity (Wildman–Crippen MR) is 114 cm³/mol. The summed E-state index contributed by atoms with van der Waals surface area (Å²) in [5.41, 5.74) is 1.27. The number of nitrogens with zero attached hydrogens (tertiary/aromatic N) is 3. The summed E-state index contributed by atoms with van der Waals surface area (Å²) >= 11 is 0. The number of carbonyl (C=O) groups is 1. The lowest BCUT2D eigenvalue weighted by molar-refractivity contribution is -0.174. The van der Waals surface area contributed by atoms with Crippen LogP contribution in [-0.4, -0.2) is 48.2 Å². The van der Waals surface area contributed by atoms with Crippen molar-refractivity contribution >= 4 is 23.1 Å². The number of benzene rings is 1. The van der Waals surface area contributed by atoms with Crippen LogP contribution in [0.5, 0.6) is 0 Å². The van der Waals surface area contributed by atoms with Crippen molar-refractivity contribution in [2.75, 3.05) is 41.8 Å². The number of rotatable bonds is 4. The molecular formula is C22H22F3N5O3. The third-order valence-corrected chi connectivity index (χ3v) is 5.81. The summed E-state index contributed by atoms with van der Waals surface area (Å²) in [6.45, 7) is 2.52. The molecule has 0 radical (unpaired) electrons. The van der Waals surface area contributed by atoms with Crippen LogP contribution in [0, 0.1) is 0 Å². The summed E-state index contributed by atoms with van der Waals surface area (Å²) in [6.07, 6.45) is -3.42. The van der Waals surface area contributed by atoms with Gasteiger partial charge in [0.2, 0.25) is 0 Å². The first-order valence-electron chi connectivity index (χ1n) is 10.6. The maximum atomic E-state index is 13.8. The highest BCUT2D eigenvalue weighted by atomic mass is 19.4. The quantitative estimate of drug-likeness (QED) is 0.605. The van der Waals surface area contributed by atoms with E-state index in [0.29, 0.717) is 37.8 Å². The first-order chi connectivity index (χ1) is 15.9. The van der Waals surface area contributed by atoms with Gasteiger partial charge < -0.3 is 24.7 Å². The van der Waals surface area contributed by atoms with Gasteiger partial charge >= 0.3 is 6.18 Å². The van der Waals surface area contributed by atoms with E-state index in [4.69, 9.17) is 9.15 Å². The molecule has 5 rings (SSSR count). The number of nitrogens with one attached hydrogen (secondary N) is 2. The Labute approximate surface area is 187 Å². The third kappa shape index (κ3) is 4.28. The minimum atomic E-state index is -4.54. The number of halogens is 3. The molecule has 1 fully saturated rings. The number of morpholine rings is 1. The molecule has 2 aromatic heterocycles. The Morgan fingerprint density at radius 2 is 1.94 bits per heavy atom. The van der Waals surface area contributed by atoms with Crippen LogP contribution in [0.2, 0.25) is 0 Å². The average molecular weight is 461 g/mol. The molecule has 1 saturated heterocycles. The van der Waals surface area contributed by atoms with Crippen molar-refractivity contribution in [2.24, 2.45) is 0 Å². The zero-order valence-corrected chi connectivity index (χ0v) is 17.5. The smallest absolute Gasteiger partial charge is 0.410 e. The molecule has 1 amide bonds. The molecule has 3 aromatic rings. The fourth-order valence-electron chi connectivity index (χ4n) is 4.21. The van der Waals surface area contributed by atoms with Crippen molar-refractivity contribution in [3.8, 4) is 0 Å². The zero-order valence-electron chi connectivity index (χ0n) is 17.5. The summed E-state index contributed by atoms with van der Waals surface area (Å²) in [6, 6.07) is 9.29. The Bertz CT molecular complexity index is 1120. The van der Waals surface area contributed by atoms with E-state index in [1.165, 1.54) is 12.3 Å². The Morgan fingerprint density at radius 3 is 2.67 bits per heavy atom. The second-order valence-electron chi connectivity index (χ2n) is 7.94. The Morgan fingerprint density at radius 1 is 1.15 bits per heavy atom. The summed E-state index contributed by atoms with van der Waals surface area (Å²) < 4.78 is 53.0. The number of hydrogen-bond donors (Lipinski definition) is 2. The second-order valence-corrected chi connectivity index (χ2v) is 7.94. The van der Waals surface area contributed by atoms with E-state index < -0.39 is 24.2 Å². The molecule has 2 aliphatic rings. The molecule has 8 nitrogen and oxygen atoms in total. The molecule has 174 valence electrons. The molecule has 1 aromatic carbocycles. The maximum Gasteiger partial charge on any atom is 0.410 e. The summed E-state index contributed by atoms with van der Waals surface area (Å²) in [7, 11) is 0. The number of anilines is 3. The maximum absolute atomic E-state index is 13.8. The van der Waals surface area contributed by atoms with Crippen LogP contribution < -0.4 is 15.5 Å². The van der Waals surface area contributed by atoms with Crippen molar-refractivity contribution in [3.05, 3.63) is 60.2 Å². The standard InChI is InChI=1S/C22H22F3N5O3/c23-22(24,25)19-12-15(18-6-3-9-33-18)26-20-13-16(28-30(19)20)21(31)27-14-4-1-2-5-17(14)29-7-10-32-11-8-29/h1-6,9,13,15,19,26H,7-8,10-12H2,(H,27,31)/t15-,19-/m1/s1. The molecule has 2 N–H and O–H groups in total. The van der Waals surface area contributed by atoms with Gasteiger partial charge in [-0.25, -0.2) is 4.68 Å². The molecule has 11 heteroatoms. The first-order valence-corrected chi connectivity index (χ1v) is 10.6. The lowest BCUT2D eigenvalue weighted by atomic mass is 10.0. The Balaban J connectivity index is 1.41. The molecule has 2 aliphatic heterocycles. The van der Waals surface area contributed by atoms with Crippen LogP contribution in [0.3, 0.4) is 0 Å². The molecule has 0 bridgehead atoms. The van der Waals surface area contributed by atoms with E-state index >= 15 is 0 Å². The van der Waals surface area contributed by atoms with Crippen LogP contribution in [0.15, 0.2) is 53.1 Å². The number of hydrogen-bond acceptors (Lipinski definition) is 6. The number of aromatic nitrogens is 2. The van der Waals surface area contributed by atoms with Gasteiger partial charge in [0, 0.05) is 25.6 Å². The summed E-state index contributed by atoms with van der Waals surface area (Å²) in [5, 5.41) is 9.82. The van der Waals surface area contributed by atoms with E-state index in [0.717, 1.165) is 10.4 Å². The predicted octanol–water partition coefficient (Wildman–Crippen LogP) is 4.23. The number of furan rings is 1. The Kier molecular flexibility index (Phi) is 5.49. The molecule has 4 heterocycles. The Hall–Kier alpha value is -3.47. The van der Waals surface area contributed by atoms with Gasteiger partial charge in [0.25, 0.3) is 5.91 Å². The zero-order chi connectivity index (χ0) is 23.0. The van der Waals surface area contributed by atoms with E-state index in [-0.39, 0.29) is 17.9 Å². The van der Waals surface area contributed by atoms with Gasteiger partial charge in [-0.3, -0.25) is 4.79 Å². The molecule has 0 aliphatic carbocycles. The molecule has 0 unspecified atom stereocenters. The summed E-state index contributed by atoms with van der Waals surface area (Å²) in [5.74, 6) is -0.0892. The van der Waals surface area contributed by atoms with Gasteiger partial charge in [0.1, 0.15) is 11.6 Å². The van der Waals surface area contributed by atoms with E-state index in [9.17, 15) is 18.0 Å². The molecule has 0 saturated carbocycles. The number of fused-ring (bicyclic) bond motifs is 1. The minimum absolute atomic E-state index is 0.108. The van der Waals surface area contributed by atoms with Crippen molar-refractivity contribution in [1.82, 2.24) is 9.78 Å². The van der Waals surface area contributed by atoms with Crippen LogP contribution in [-0.2, 0) is 4.74 Å². The van der Waals surface area contributed by atoms with Gasteiger partial charge in [0.15, 0.2) is 11.7 Å². The van der Waals surface area contributed by atoms with Gasteiger partial charge in [-0.1, -0.05) is 12.1 Å². The fourth-order valence-corrected chi connectivity index (χ4v) is 4.21. The van der Waals surface area contributed by atoms with Crippen LogP contribution in [0.1, 0.15) is 34.8 Å². The third-order valence-electron chi connectivity index (χ3n) is 5.81. The lowest BCUT2D eigenvalue weighted by Gasteiger charge is -2.32. The van der Waals surface area contributed by atoms with Crippen molar-refractivity contribution < 1.29 is 27.1 Å². The molecule has 2 atom stereocenters. The minimum Gasteiger partial charge on any atom is -0.467 e. The first kappa shape index (κ1) is 21.4.